The van der Waals surface area contributed by atoms with E-state index < -0.39 is 95.6 Å². The summed E-state index contributed by atoms with van der Waals surface area (Å²) in [5, 5.41) is 4.55. The second-order valence-electron chi connectivity index (χ2n) is 9.96. The minimum absolute atomic E-state index is 0.264. The molecule has 232 valence electrons. The number of hydrogen-bond acceptors (Lipinski definition) is 2. The van der Waals surface area contributed by atoms with Crippen molar-refractivity contribution < 1.29 is 57.8 Å². The van der Waals surface area contributed by atoms with Crippen LogP contribution in [0.1, 0.15) is 35.1 Å². The van der Waals surface area contributed by atoms with Gasteiger partial charge < -0.3 is 15.4 Å². The van der Waals surface area contributed by atoms with Crippen LogP contribution < -0.4 is 15.4 Å². The molecule has 2 N–H and O–H groups in total. The van der Waals surface area contributed by atoms with Crippen molar-refractivity contribution in [2.45, 2.75) is 55.5 Å². The number of rotatable bonds is 9. The third kappa shape index (κ3) is 7.31. The van der Waals surface area contributed by atoms with Crippen molar-refractivity contribution in [1.82, 2.24) is 10.6 Å². The Morgan fingerprint density at radius 1 is 0.907 bits per heavy atom. The Balaban J connectivity index is 1.93. The monoisotopic (exact) mass is 626 g/mol. The van der Waals surface area contributed by atoms with Crippen LogP contribution in [0.4, 0.5) is 53.1 Å². The molecule has 1 saturated carbocycles. The summed E-state index contributed by atoms with van der Waals surface area (Å²) >= 11 is 0. The van der Waals surface area contributed by atoms with Gasteiger partial charge in [-0.05, 0) is 41.0 Å². The minimum Gasteiger partial charge on any atom is -0.428 e. The van der Waals surface area contributed by atoms with Gasteiger partial charge in [-0.15, -0.1) is 0 Å². The van der Waals surface area contributed by atoms with Crippen LogP contribution in [0.3, 0.4) is 0 Å². The second-order valence-corrected chi connectivity index (χ2v) is 9.96. The van der Waals surface area contributed by atoms with Gasteiger partial charge >= 0.3 is 24.7 Å². The quantitative estimate of drug-likeness (QED) is 0.238. The zero-order chi connectivity index (χ0) is 31.8. The molecule has 1 aliphatic rings. The van der Waals surface area contributed by atoms with Crippen molar-refractivity contribution >= 4 is 6.03 Å². The normalized spacial score (nSPS) is 16.7. The van der Waals surface area contributed by atoms with Crippen molar-refractivity contribution in [3.05, 3.63) is 101 Å². The van der Waals surface area contributed by atoms with E-state index in [1.165, 1.54) is 24.3 Å². The summed E-state index contributed by atoms with van der Waals surface area (Å²) in [6, 6.07) is 8.15. The highest BCUT2D eigenvalue weighted by Crippen LogP contribution is 2.41. The number of amides is 2. The summed E-state index contributed by atoms with van der Waals surface area (Å²) in [6.07, 6.45) is -16.8. The fourth-order valence-corrected chi connectivity index (χ4v) is 4.72. The van der Waals surface area contributed by atoms with Crippen LogP contribution in [0.5, 0.6) is 5.75 Å². The van der Waals surface area contributed by atoms with Crippen LogP contribution in [0.15, 0.2) is 66.7 Å². The number of halogens is 11. The standard InChI is InChI=1S/C28H21F11N2O2/c29-18-8-17(9-20(11-18)43-28(38,39)23(31)32)26(12-15-4-2-1-3-5-15,41-24(42)40-19-13-25(33,34)14-19)16-6-7-22(30)21(10-16)27(35,36)37/h1-11,19,23H,12-14H2,(H2,40,41,42)/t26-/m1/s1. The largest absolute Gasteiger partial charge is 0.461 e. The molecule has 43 heavy (non-hydrogen) atoms. The van der Waals surface area contributed by atoms with Gasteiger partial charge in [0.1, 0.15) is 17.4 Å². The lowest BCUT2D eigenvalue weighted by molar-refractivity contribution is -0.253. The fraction of sp³-hybridized carbons (Fsp3) is 0.321. The first-order valence-electron chi connectivity index (χ1n) is 12.4. The highest BCUT2D eigenvalue weighted by molar-refractivity contribution is 5.77. The van der Waals surface area contributed by atoms with Crippen LogP contribution in [-0.4, -0.2) is 30.5 Å². The number of benzene rings is 3. The molecule has 4 nitrogen and oxygen atoms in total. The fourth-order valence-electron chi connectivity index (χ4n) is 4.72. The number of carbonyl (C=O) groups is 1. The first-order valence-corrected chi connectivity index (χ1v) is 12.4. The maximum Gasteiger partial charge on any atom is 0.461 e. The first kappa shape index (κ1) is 31.9. The molecular formula is C28H21F11N2O2. The number of urea groups is 1. The van der Waals surface area contributed by atoms with E-state index in [9.17, 15) is 53.1 Å². The van der Waals surface area contributed by atoms with E-state index in [2.05, 4.69) is 15.4 Å². The lowest BCUT2D eigenvalue weighted by Gasteiger charge is -2.39. The van der Waals surface area contributed by atoms with Crippen molar-refractivity contribution in [1.29, 1.82) is 0 Å². The Bertz CT molecular complexity index is 1460. The molecule has 0 radical (unpaired) electrons. The summed E-state index contributed by atoms with van der Waals surface area (Å²) in [5.74, 6) is -7.36. The molecule has 1 fully saturated rings. The molecule has 0 aromatic heterocycles. The Kier molecular flexibility index (Phi) is 8.58. The molecule has 3 aromatic rings. The summed E-state index contributed by atoms with van der Waals surface area (Å²) in [6.45, 7) is 0. The Hall–Kier alpha value is -4.04. The van der Waals surface area contributed by atoms with E-state index in [0.717, 1.165) is 6.07 Å². The Labute approximate surface area is 236 Å². The lowest BCUT2D eigenvalue weighted by atomic mass is 9.77. The smallest absolute Gasteiger partial charge is 0.428 e. The van der Waals surface area contributed by atoms with Gasteiger partial charge in [-0.2, -0.15) is 30.7 Å². The average molecular weight is 626 g/mol. The maximum atomic E-state index is 14.9. The molecule has 1 aliphatic carbocycles. The zero-order valence-corrected chi connectivity index (χ0v) is 21.6. The molecule has 0 heterocycles. The molecule has 0 bridgehead atoms. The third-order valence-electron chi connectivity index (χ3n) is 6.70. The molecule has 0 aliphatic heterocycles. The number of nitrogens with one attached hydrogen (secondary N) is 2. The van der Waals surface area contributed by atoms with Crippen molar-refractivity contribution in [3.63, 3.8) is 0 Å². The van der Waals surface area contributed by atoms with E-state index in [4.69, 9.17) is 0 Å². The van der Waals surface area contributed by atoms with Crippen LogP contribution in [0.2, 0.25) is 0 Å². The van der Waals surface area contributed by atoms with Crippen molar-refractivity contribution in [2.75, 3.05) is 0 Å². The van der Waals surface area contributed by atoms with Crippen LogP contribution in [0, 0.1) is 11.6 Å². The van der Waals surface area contributed by atoms with Crippen LogP contribution in [0.25, 0.3) is 0 Å². The summed E-state index contributed by atoms with van der Waals surface area (Å²) < 4.78 is 154. The van der Waals surface area contributed by atoms with Gasteiger partial charge in [0.15, 0.2) is 0 Å². The number of carbonyl (C=O) groups excluding carboxylic acids is 1. The molecular weight excluding hydrogens is 605 g/mol. The summed E-state index contributed by atoms with van der Waals surface area (Å²) in [7, 11) is 0. The zero-order valence-electron chi connectivity index (χ0n) is 21.6. The summed E-state index contributed by atoms with van der Waals surface area (Å²) in [4.78, 5) is 13.1. The molecule has 3 aromatic carbocycles. The first-order chi connectivity index (χ1) is 19.9. The van der Waals surface area contributed by atoms with Gasteiger partial charge in [0.25, 0.3) is 5.92 Å². The predicted octanol–water partition coefficient (Wildman–Crippen LogP) is 7.80. The lowest BCUT2D eigenvalue weighted by Crippen LogP contribution is -2.58. The minimum atomic E-state index is -5.27. The molecule has 2 amide bonds. The molecule has 1 atom stereocenters. The maximum absolute atomic E-state index is 14.9. The van der Waals surface area contributed by atoms with Gasteiger partial charge in [0.05, 0.1) is 11.1 Å². The molecule has 0 saturated heterocycles. The summed E-state index contributed by atoms with van der Waals surface area (Å²) in [5.41, 5.74) is -5.03. The van der Waals surface area contributed by atoms with E-state index in [0.29, 0.717) is 30.3 Å². The van der Waals surface area contributed by atoms with E-state index in [1.54, 1.807) is 6.07 Å². The van der Waals surface area contributed by atoms with Crippen molar-refractivity contribution in [3.8, 4) is 5.75 Å². The van der Waals surface area contributed by atoms with Gasteiger partial charge in [0.2, 0.25) is 0 Å². The van der Waals surface area contributed by atoms with Gasteiger partial charge in [-0.3, -0.25) is 0 Å². The topological polar surface area (TPSA) is 50.4 Å². The van der Waals surface area contributed by atoms with E-state index in [-0.39, 0.29) is 5.56 Å². The van der Waals surface area contributed by atoms with E-state index in [1.807, 2.05) is 0 Å². The SMILES string of the molecule is O=C(NC1CC(F)(F)C1)N[C@@](Cc1ccccc1)(c1cc(F)cc(OC(F)(F)C(F)F)c1)c1ccc(F)c(C(F)(F)F)c1. The molecule has 0 unspecified atom stereocenters. The highest BCUT2D eigenvalue weighted by Gasteiger charge is 2.48. The van der Waals surface area contributed by atoms with Gasteiger partial charge in [-0.25, -0.2) is 22.4 Å². The number of ether oxygens (including phenoxy) is 1. The van der Waals surface area contributed by atoms with Crippen LogP contribution in [-0.2, 0) is 18.1 Å². The van der Waals surface area contributed by atoms with Gasteiger partial charge in [-0.1, -0.05) is 36.4 Å². The van der Waals surface area contributed by atoms with Crippen molar-refractivity contribution in [2.24, 2.45) is 0 Å². The van der Waals surface area contributed by atoms with Crippen LogP contribution >= 0.6 is 0 Å². The van der Waals surface area contributed by atoms with Gasteiger partial charge in [0, 0.05) is 31.4 Å². The highest BCUT2D eigenvalue weighted by atomic mass is 19.4. The molecule has 4 rings (SSSR count). The Morgan fingerprint density at radius 3 is 2.14 bits per heavy atom. The Morgan fingerprint density at radius 2 is 1.56 bits per heavy atom. The number of hydrogen-bond donors (Lipinski definition) is 2. The predicted molar refractivity (Wildman–Crippen MR) is 130 cm³/mol. The third-order valence-corrected chi connectivity index (χ3v) is 6.70. The second kappa shape index (κ2) is 11.6. The average Bonchev–Trinajstić information content (AvgIpc) is 2.86. The molecule has 15 heteroatoms. The molecule has 0 spiro atoms. The van der Waals surface area contributed by atoms with E-state index >= 15 is 0 Å². The number of alkyl halides is 9.